The Kier molecular flexibility index (Phi) is 3.80. The highest BCUT2D eigenvalue weighted by atomic mass is 35.5. The molecule has 1 rings (SSSR count). The number of para-hydroxylation sites is 1. The molecule has 0 aliphatic heterocycles. The lowest BCUT2D eigenvalue weighted by Gasteiger charge is -2.03. The molecule has 0 unspecified atom stereocenters. The molecule has 60 valence electrons. The van der Waals surface area contributed by atoms with Gasteiger partial charge < -0.3 is 4.74 Å². The van der Waals surface area contributed by atoms with Crippen molar-refractivity contribution < 1.29 is 4.74 Å². The molecular formula is C8H10ClNO. The summed E-state index contributed by atoms with van der Waals surface area (Å²) in [6.07, 6.45) is 0. The monoisotopic (exact) mass is 171 g/mol. The smallest absolute Gasteiger partial charge is 0.119 e. The third kappa shape index (κ3) is 3.25. The van der Waals surface area contributed by atoms with Crippen LogP contribution < -0.4 is 9.57 Å². The number of hydrogen-bond acceptors (Lipinski definition) is 2. The van der Waals surface area contributed by atoms with Crippen molar-refractivity contribution >= 4 is 11.8 Å². The van der Waals surface area contributed by atoms with E-state index in [1.54, 1.807) is 0 Å². The maximum absolute atomic E-state index is 5.30. The van der Waals surface area contributed by atoms with E-state index in [2.05, 4.69) is 4.84 Å². The summed E-state index contributed by atoms with van der Waals surface area (Å²) in [5.74, 6) is 0.874. The molecule has 1 aromatic carbocycles. The molecule has 0 heterocycles. The molecule has 0 fully saturated rings. The van der Waals surface area contributed by atoms with E-state index in [1.165, 1.54) is 0 Å². The normalized spacial score (nSPS) is 9.55. The number of benzene rings is 1. The fourth-order valence-electron chi connectivity index (χ4n) is 0.724. The molecule has 0 spiro atoms. The van der Waals surface area contributed by atoms with Gasteiger partial charge in [0.1, 0.15) is 12.4 Å². The molecule has 0 atom stereocenters. The van der Waals surface area contributed by atoms with Gasteiger partial charge in [0.25, 0.3) is 0 Å². The Morgan fingerprint density at radius 2 is 2.00 bits per heavy atom. The third-order valence-corrected chi connectivity index (χ3v) is 1.40. The molecule has 0 saturated heterocycles. The Morgan fingerprint density at radius 1 is 1.27 bits per heavy atom. The van der Waals surface area contributed by atoms with Crippen LogP contribution in [-0.4, -0.2) is 13.2 Å². The molecule has 1 N–H and O–H groups in total. The first-order chi connectivity index (χ1) is 5.43. The van der Waals surface area contributed by atoms with Gasteiger partial charge in [-0.2, -0.15) is 0 Å². The Morgan fingerprint density at radius 3 is 2.64 bits per heavy atom. The zero-order valence-electron chi connectivity index (χ0n) is 6.09. The summed E-state index contributed by atoms with van der Waals surface area (Å²) in [5.41, 5.74) is 0. The van der Waals surface area contributed by atoms with E-state index in [0.717, 1.165) is 5.75 Å². The lowest BCUT2D eigenvalue weighted by atomic mass is 10.3. The van der Waals surface area contributed by atoms with Gasteiger partial charge >= 0.3 is 0 Å². The molecular weight excluding hydrogens is 162 g/mol. The number of rotatable bonds is 4. The largest absolute Gasteiger partial charge is 0.492 e. The molecule has 0 aromatic heterocycles. The average Bonchev–Trinajstić information content (AvgIpc) is 2.07. The van der Waals surface area contributed by atoms with E-state index in [4.69, 9.17) is 16.5 Å². The summed E-state index contributed by atoms with van der Waals surface area (Å²) >= 11 is 5.24. The predicted molar refractivity (Wildman–Crippen MR) is 45.8 cm³/mol. The molecule has 0 radical (unpaired) electrons. The van der Waals surface area contributed by atoms with E-state index in [-0.39, 0.29) is 0 Å². The topological polar surface area (TPSA) is 21.3 Å². The van der Waals surface area contributed by atoms with Crippen LogP contribution in [0.4, 0.5) is 0 Å². The molecule has 0 bridgehead atoms. The van der Waals surface area contributed by atoms with Gasteiger partial charge in [-0.1, -0.05) is 18.2 Å². The van der Waals surface area contributed by atoms with Gasteiger partial charge in [-0.3, -0.25) is 0 Å². The van der Waals surface area contributed by atoms with Gasteiger partial charge in [0.15, 0.2) is 0 Å². The van der Waals surface area contributed by atoms with Gasteiger partial charge in [0, 0.05) is 6.54 Å². The molecule has 0 aliphatic carbocycles. The Bertz CT molecular complexity index is 191. The molecule has 1 aromatic rings. The minimum atomic E-state index is 0.591. The minimum absolute atomic E-state index is 0.591. The lowest BCUT2D eigenvalue weighted by molar-refractivity contribution is 0.324. The highest BCUT2D eigenvalue weighted by molar-refractivity contribution is 6.13. The Balaban J connectivity index is 2.28. The van der Waals surface area contributed by atoms with E-state index in [9.17, 15) is 0 Å². The quantitative estimate of drug-likeness (QED) is 0.551. The van der Waals surface area contributed by atoms with Crippen LogP contribution in [0, 0.1) is 0 Å². The minimum Gasteiger partial charge on any atom is -0.492 e. The van der Waals surface area contributed by atoms with Crippen molar-refractivity contribution in [2.45, 2.75) is 0 Å². The van der Waals surface area contributed by atoms with Crippen LogP contribution in [0.1, 0.15) is 0 Å². The fourth-order valence-corrected chi connectivity index (χ4v) is 0.801. The fraction of sp³-hybridized carbons (Fsp3) is 0.250. The molecule has 0 aliphatic rings. The third-order valence-electron chi connectivity index (χ3n) is 1.21. The first-order valence-electron chi connectivity index (χ1n) is 3.45. The van der Waals surface area contributed by atoms with Crippen molar-refractivity contribution in [2.24, 2.45) is 0 Å². The van der Waals surface area contributed by atoms with E-state index >= 15 is 0 Å². The number of ether oxygens (including phenoxy) is 1. The predicted octanol–water partition coefficient (Wildman–Crippen LogP) is 1.81. The lowest BCUT2D eigenvalue weighted by Crippen LogP contribution is -2.11. The van der Waals surface area contributed by atoms with Crippen LogP contribution in [0.3, 0.4) is 0 Å². The van der Waals surface area contributed by atoms with E-state index in [1.807, 2.05) is 30.3 Å². The highest BCUT2D eigenvalue weighted by Crippen LogP contribution is 2.07. The van der Waals surface area contributed by atoms with Crippen molar-refractivity contribution in [1.29, 1.82) is 0 Å². The van der Waals surface area contributed by atoms with Crippen molar-refractivity contribution in [3.63, 3.8) is 0 Å². The van der Waals surface area contributed by atoms with Gasteiger partial charge in [0.05, 0.1) is 0 Å². The molecule has 0 saturated carbocycles. The van der Waals surface area contributed by atoms with E-state index < -0.39 is 0 Å². The van der Waals surface area contributed by atoms with Crippen molar-refractivity contribution in [2.75, 3.05) is 13.2 Å². The first kappa shape index (κ1) is 8.37. The van der Waals surface area contributed by atoms with Crippen molar-refractivity contribution in [3.05, 3.63) is 30.3 Å². The summed E-state index contributed by atoms with van der Waals surface area (Å²) < 4.78 is 5.30. The van der Waals surface area contributed by atoms with Gasteiger partial charge in [0.2, 0.25) is 0 Å². The van der Waals surface area contributed by atoms with E-state index in [0.29, 0.717) is 13.2 Å². The van der Waals surface area contributed by atoms with Crippen LogP contribution in [0.25, 0.3) is 0 Å². The standard InChI is InChI=1S/C8H10ClNO/c9-10-6-7-11-8-4-2-1-3-5-8/h1-5,10H,6-7H2. The first-order valence-corrected chi connectivity index (χ1v) is 3.82. The van der Waals surface area contributed by atoms with Crippen molar-refractivity contribution in [1.82, 2.24) is 4.84 Å². The summed E-state index contributed by atoms with van der Waals surface area (Å²) in [7, 11) is 0. The van der Waals surface area contributed by atoms with Gasteiger partial charge in [-0.25, -0.2) is 4.84 Å². The maximum Gasteiger partial charge on any atom is 0.119 e. The van der Waals surface area contributed by atoms with Crippen LogP contribution in [0.5, 0.6) is 5.75 Å². The van der Waals surface area contributed by atoms with Crippen molar-refractivity contribution in [3.8, 4) is 5.75 Å². The zero-order valence-corrected chi connectivity index (χ0v) is 6.84. The highest BCUT2D eigenvalue weighted by Gasteiger charge is 1.88. The SMILES string of the molecule is ClNCCOc1ccccc1. The second-order valence-corrected chi connectivity index (χ2v) is 2.31. The molecule has 0 amide bonds. The van der Waals surface area contributed by atoms with Crippen LogP contribution in [0.15, 0.2) is 30.3 Å². The van der Waals surface area contributed by atoms with Crippen LogP contribution in [0.2, 0.25) is 0 Å². The average molecular weight is 172 g/mol. The summed E-state index contributed by atoms with van der Waals surface area (Å²) in [5, 5.41) is 0. The molecule has 3 heteroatoms. The van der Waals surface area contributed by atoms with Gasteiger partial charge in [-0.05, 0) is 23.9 Å². The second-order valence-electron chi connectivity index (χ2n) is 2.05. The number of nitrogens with one attached hydrogen (secondary N) is 1. The Labute approximate surface area is 71.2 Å². The van der Waals surface area contributed by atoms with Crippen LogP contribution in [-0.2, 0) is 0 Å². The maximum atomic E-state index is 5.30. The summed E-state index contributed by atoms with van der Waals surface area (Å²) in [6, 6.07) is 9.64. The summed E-state index contributed by atoms with van der Waals surface area (Å²) in [4.78, 5) is 2.49. The number of hydrogen-bond donors (Lipinski definition) is 1. The summed E-state index contributed by atoms with van der Waals surface area (Å²) in [6.45, 7) is 1.24. The van der Waals surface area contributed by atoms with Crippen LogP contribution >= 0.6 is 11.8 Å². The van der Waals surface area contributed by atoms with Gasteiger partial charge in [-0.15, -0.1) is 0 Å². The Hall–Kier alpha value is -0.730. The molecule has 2 nitrogen and oxygen atoms in total. The number of halogens is 1. The molecule has 11 heavy (non-hydrogen) atoms. The zero-order chi connectivity index (χ0) is 7.94. The second kappa shape index (κ2) is 4.99.